The van der Waals surface area contributed by atoms with Crippen LogP contribution < -0.4 is 20.1 Å². The molecule has 0 radical (unpaired) electrons. The zero-order chi connectivity index (χ0) is 50.8. The molecule has 2 aromatic heterocycles. The molecule has 1 aliphatic carbocycles. The van der Waals surface area contributed by atoms with Crippen molar-refractivity contribution in [1.29, 1.82) is 0 Å². The van der Waals surface area contributed by atoms with Crippen molar-refractivity contribution in [3.63, 3.8) is 0 Å². The molecule has 2 unspecified atom stereocenters. The Balaban J connectivity index is 1.55. The Morgan fingerprint density at radius 1 is 0.529 bits per heavy atom. The number of rotatable bonds is 14. The normalized spacial score (nSPS) is 14.1. The number of phenolic OH excluding ortho intramolecular Hbond substituents is 2. The van der Waals surface area contributed by atoms with Crippen molar-refractivity contribution in [2.24, 2.45) is 0 Å². The monoisotopic (exact) mass is 992 g/mol. The third-order valence-corrected chi connectivity index (χ3v) is 14.5. The third-order valence-electron chi connectivity index (χ3n) is 12.4. The molecule has 6 aromatic rings. The maximum absolute atomic E-state index is 13.2. The lowest BCUT2D eigenvalue weighted by atomic mass is 9.81. The number of anilines is 2. The Bertz CT molecular complexity index is 2730. The summed E-state index contributed by atoms with van der Waals surface area (Å²) in [6.07, 6.45) is 4.89. The molecule has 372 valence electrons. The summed E-state index contributed by atoms with van der Waals surface area (Å²) in [6.45, 7) is 17.8. The Kier molecular flexibility index (Phi) is 15.6. The first-order chi connectivity index (χ1) is 32.9. The minimum absolute atomic E-state index is 0.105. The zero-order valence-corrected chi connectivity index (χ0v) is 42.9. The maximum atomic E-state index is 13.2. The van der Waals surface area contributed by atoms with Crippen LogP contribution in [0, 0.1) is 0 Å². The molecule has 70 heavy (non-hydrogen) atoms. The summed E-state index contributed by atoms with van der Waals surface area (Å²) in [7, 11) is -9.81. The van der Waals surface area contributed by atoms with E-state index in [0.29, 0.717) is 53.4 Å². The van der Waals surface area contributed by atoms with E-state index in [4.69, 9.17) is 9.47 Å². The number of hydrogen-bond acceptors (Lipinski definition) is 10. The number of nitrogens with one attached hydrogen (secondary N) is 2. The van der Waals surface area contributed by atoms with Crippen LogP contribution in [0.3, 0.4) is 0 Å². The molecule has 0 saturated carbocycles. The van der Waals surface area contributed by atoms with E-state index in [1.807, 2.05) is 13.8 Å². The van der Waals surface area contributed by atoms with Gasteiger partial charge in [0.05, 0.1) is 24.6 Å². The van der Waals surface area contributed by atoms with E-state index in [1.54, 1.807) is 48.5 Å². The van der Waals surface area contributed by atoms with Crippen LogP contribution in [0.25, 0.3) is 0 Å². The highest BCUT2D eigenvalue weighted by Crippen LogP contribution is 2.53. The van der Waals surface area contributed by atoms with E-state index in [1.165, 1.54) is 24.5 Å². The number of benzene rings is 4. The number of phenols is 2. The van der Waals surface area contributed by atoms with Crippen LogP contribution in [0.1, 0.15) is 147 Å². The SMILES string of the molecule is CCCOc1c2cc(C(C)(C)C)cc1Cc1cc(C(C)(C)C)cc(c1OCCC)Cc1cc(NC(c3ccccn3)P(=O)(O)O)cc(c1O)Cc1cc(NC(c3ccccn3)P(=O)(O)O)cc(c1O)C2. The highest BCUT2D eigenvalue weighted by atomic mass is 31.2. The lowest BCUT2D eigenvalue weighted by molar-refractivity contribution is 0.307. The van der Waals surface area contributed by atoms with Crippen molar-refractivity contribution in [2.75, 3.05) is 23.8 Å². The number of aromatic nitrogens is 2. The lowest BCUT2D eigenvalue weighted by Gasteiger charge is -2.28. The maximum Gasteiger partial charge on any atom is 0.353 e. The van der Waals surface area contributed by atoms with Crippen LogP contribution in [0.2, 0.25) is 0 Å². The number of pyridine rings is 2. The molecule has 2 atom stereocenters. The van der Waals surface area contributed by atoms with Gasteiger partial charge in [-0.1, -0.05) is 91.8 Å². The molecule has 0 fully saturated rings. The Hall–Kier alpha value is -5.72. The molecule has 0 aliphatic heterocycles. The number of fused-ring (bicyclic) bond motifs is 8. The summed E-state index contributed by atoms with van der Waals surface area (Å²) in [4.78, 5) is 51.4. The van der Waals surface area contributed by atoms with Gasteiger partial charge in [0.15, 0.2) is 11.6 Å². The lowest BCUT2D eigenvalue weighted by Crippen LogP contribution is -2.16. The molecule has 0 saturated heterocycles. The standard InChI is InChI=1S/C54H66N4O10P2/c1-9-19-67-49-37-22-35-31-43(57-51(69(61,62)63)45-15-11-13-17-55-45)29-33(47(35)59)21-34-30-44(58-52(70(64,65)66)46-16-12-14-18-56-46)32-36(48(34)60)23-38-26-42(54(6,7)8)28-40(50(38)68-20-10-2)24-39(49)27-41(25-37)53(3,4)5/h11-18,25-32,51-52,57-60H,9-10,19-24H2,1-8H3,(H2,61,62,63)(H2,64,65,66). The van der Waals surface area contributed by atoms with Gasteiger partial charge in [0, 0.05) is 71.7 Å². The summed E-state index contributed by atoms with van der Waals surface area (Å²) in [6, 6.07) is 24.7. The van der Waals surface area contributed by atoms with E-state index in [9.17, 15) is 38.9 Å². The summed E-state index contributed by atoms with van der Waals surface area (Å²) in [5.41, 5.74) is 6.96. The first-order valence-corrected chi connectivity index (χ1v) is 27.0. The summed E-state index contributed by atoms with van der Waals surface area (Å²) in [5, 5.41) is 31.1. The second kappa shape index (κ2) is 20.9. The summed E-state index contributed by atoms with van der Waals surface area (Å²) < 4.78 is 39.8. The third kappa shape index (κ3) is 12.2. The van der Waals surface area contributed by atoms with Gasteiger partial charge in [0.2, 0.25) is 0 Å². The molecule has 8 bridgehead atoms. The molecule has 14 nitrogen and oxygen atoms in total. The Morgan fingerprint density at radius 3 is 1.11 bits per heavy atom. The second-order valence-corrected chi connectivity index (χ2v) is 23.6. The fourth-order valence-corrected chi connectivity index (χ4v) is 10.4. The predicted octanol–water partition coefficient (Wildman–Crippen LogP) is 11.3. The van der Waals surface area contributed by atoms with E-state index in [-0.39, 0.29) is 64.4 Å². The predicted molar refractivity (Wildman–Crippen MR) is 275 cm³/mol. The molecule has 7 rings (SSSR count). The average Bonchev–Trinajstić information content (AvgIpc) is 3.28. The van der Waals surface area contributed by atoms with Crippen molar-refractivity contribution in [3.8, 4) is 23.0 Å². The number of hydrogen-bond donors (Lipinski definition) is 8. The van der Waals surface area contributed by atoms with E-state index < -0.39 is 26.8 Å². The molecule has 0 spiro atoms. The van der Waals surface area contributed by atoms with E-state index >= 15 is 0 Å². The van der Waals surface area contributed by atoms with Crippen molar-refractivity contribution in [1.82, 2.24) is 9.97 Å². The number of aromatic hydroxyl groups is 2. The quantitative estimate of drug-likeness (QED) is 0.0375. The fraction of sp³-hybridized carbons (Fsp3) is 0.370. The van der Waals surface area contributed by atoms with Gasteiger partial charge in [-0.3, -0.25) is 19.1 Å². The van der Waals surface area contributed by atoms with Crippen molar-refractivity contribution in [3.05, 3.63) is 164 Å². The van der Waals surface area contributed by atoms with E-state index in [2.05, 4.69) is 86.4 Å². The number of nitrogens with zero attached hydrogens (tertiary/aromatic N) is 2. The first-order valence-electron chi connectivity index (χ1n) is 23.7. The van der Waals surface area contributed by atoms with Gasteiger partial charge in [-0.25, -0.2) is 0 Å². The largest absolute Gasteiger partial charge is 0.507 e. The second-order valence-electron chi connectivity index (χ2n) is 20.2. The minimum atomic E-state index is -4.90. The average molecular weight is 993 g/mol. The van der Waals surface area contributed by atoms with Crippen molar-refractivity contribution < 1.29 is 48.4 Å². The van der Waals surface area contributed by atoms with Gasteiger partial charge >= 0.3 is 15.2 Å². The minimum Gasteiger partial charge on any atom is -0.507 e. The number of ether oxygens (including phenoxy) is 2. The molecule has 16 heteroatoms. The van der Waals surface area contributed by atoms with Crippen molar-refractivity contribution in [2.45, 2.75) is 116 Å². The molecule has 8 N–H and O–H groups in total. The molecular weight excluding hydrogens is 927 g/mol. The van der Waals surface area contributed by atoms with Gasteiger partial charge in [0.25, 0.3) is 0 Å². The summed E-state index contributed by atoms with van der Waals surface area (Å²) >= 11 is 0. The van der Waals surface area contributed by atoms with Gasteiger partial charge < -0.3 is 49.9 Å². The fourth-order valence-electron chi connectivity index (χ4n) is 8.78. The van der Waals surface area contributed by atoms with Gasteiger partial charge in [0.1, 0.15) is 23.0 Å². The first kappa shape index (κ1) is 52.1. The van der Waals surface area contributed by atoms with Crippen LogP contribution in [-0.2, 0) is 45.6 Å². The Morgan fingerprint density at radius 2 is 0.843 bits per heavy atom. The molecule has 1 aliphatic rings. The zero-order valence-electron chi connectivity index (χ0n) is 41.2. The summed E-state index contributed by atoms with van der Waals surface area (Å²) in [5.74, 6) is -2.03. The van der Waals surface area contributed by atoms with Gasteiger partial charge in [-0.15, -0.1) is 0 Å². The highest BCUT2D eigenvalue weighted by Gasteiger charge is 2.34. The van der Waals surface area contributed by atoms with E-state index in [0.717, 1.165) is 46.2 Å². The Labute approximate surface area is 410 Å². The molecular formula is C54H66N4O10P2. The van der Waals surface area contributed by atoms with Crippen LogP contribution in [0.15, 0.2) is 97.3 Å². The highest BCUT2D eigenvalue weighted by molar-refractivity contribution is 7.52. The van der Waals surface area contributed by atoms with Crippen LogP contribution in [0.5, 0.6) is 23.0 Å². The van der Waals surface area contributed by atoms with Crippen LogP contribution in [0.4, 0.5) is 11.4 Å². The smallest absolute Gasteiger partial charge is 0.353 e. The molecule has 4 aromatic carbocycles. The molecule has 0 amide bonds. The van der Waals surface area contributed by atoms with Gasteiger partial charge in [-0.05, 0) is 106 Å². The van der Waals surface area contributed by atoms with Crippen molar-refractivity contribution >= 4 is 26.6 Å². The van der Waals surface area contributed by atoms with Crippen LogP contribution in [-0.4, -0.2) is 53.0 Å². The van der Waals surface area contributed by atoms with Crippen LogP contribution >= 0.6 is 15.2 Å². The molecule has 2 heterocycles. The topological polar surface area (TPSA) is 224 Å². The van der Waals surface area contributed by atoms with Gasteiger partial charge in [-0.2, -0.15) is 0 Å².